The molecule has 1 aliphatic carbocycles. The Morgan fingerprint density at radius 1 is 1.26 bits per heavy atom. The highest BCUT2D eigenvalue weighted by Crippen LogP contribution is 2.30. The summed E-state index contributed by atoms with van der Waals surface area (Å²) >= 11 is 3.67. The molecule has 0 heterocycles. The molecule has 0 spiro atoms. The van der Waals surface area contributed by atoms with Crippen LogP contribution in [-0.4, -0.2) is 20.2 Å². The molecular weight excluding hydrogens is 302 g/mol. The van der Waals surface area contributed by atoms with Crippen LogP contribution in [-0.2, 0) is 6.42 Å². The van der Waals surface area contributed by atoms with Crippen molar-refractivity contribution in [2.45, 2.75) is 44.6 Å². The van der Waals surface area contributed by atoms with Crippen molar-refractivity contribution in [2.24, 2.45) is 5.92 Å². The molecule has 0 bridgehead atoms. The zero-order valence-electron chi connectivity index (χ0n) is 11.9. The number of nitrogens with one attached hydrogen (secondary N) is 1. The molecule has 19 heavy (non-hydrogen) atoms. The minimum Gasteiger partial charge on any atom is -0.497 e. The van der Waals surface area contributed by atoms with Crippen molar-refractivity contribution in [1.82, 2.24) is 5.32 Å². The Bertz CT molecular complexity index is 408. The Hall–Kier alpha value is -0.540. The second kappa shape index (κ2) is 7.30. The van der Waals surface area contributed by atoms with Gasteiger partial charge in [-0.25, -0.2) is 0 Å². The summed E-state index contributed by atoms with van der Waals surface area (Å²) in [6.45, 7) is 0. The Morgan fingerprint density at radius 3 is 2.79 bits per heavy atom. The molecule has 2 nitrogen and oxygen atoms in total. The van der Waals surface area contributed by atoms with Gasteiger partial charge in [-0.2, -0.15) is 0 Å². The highest BCUT2D eigenvalue weighted by Gasteiger charge is 2.23. The first-order valence-corrected chi connectivity index (χ1v) is 8.03. The van der Waals surface area contributed by atoms with Gasteiger partial charge in [0, 0.05) is 10.5 Å². The lowest BCUT2D eigenvalue weighted by Crippen LogP contribution is -2.33. The fourth-order valence-corrected chi connectivity index (χ4v) is 3.53. The fourth-order valence-electron chi connectivity index (χ4n) is 3.13. The van der Waals surface area contributed by atoms with E-state index >= 15 is 0 Å². The quantitative estimate of drug-likeness (QED) is 0.839. The molecule has 0 radical (unpaired) electrons. The van der Waals surface area contributed by atoms with Crippen LogP contribution >= 0.6 is 15.9 Å². The smallest absolute Gasteiger partial charge is 0.119 e. The van der Waals surface area contributed by atoms with E-state index in [9.17, 15) is 0 Å². The van der Waals surface area contributed by atoms with E-state index < -0.39 is 0 Å². The molecule has 1 fully saturated rings. The molecule has 0 aliphatic heterocycles. The van der Waals surface area contributed by atoms with E-state index in [-0.39, 0.29) is 0 Å². The van der Waals surface area contributed by atoms with Crippen LogP contribution in [0, 0.1) is 5.92 Å². The van der Waals surface area contributed by atoms with Gasteiger partial charge in [-0.1, -0.05) is 35.2 Å². The van der Waals surface area contributed by atoms with Gasteiger partial charge in [0.05, 0.1) is 7.11 Å². The molecule has 0 amide bonds. The van der Waals surface area contributed by atoms with Gasteiger partial charge in [0.25, 0.3) is 0 Å². The standard InChI is InChI=1S/C16H24BrNO/c1-18-16-7-5-3-4-6-12(16)10-13-11-14(19-2)8-9-15(13)17/h8-9,11-12,16,18H,3-7,10H2,1-2H3. The van der Waals surface area contributed by atoms with Crippen molar-refractivity contribution in [1.29, 1.82) is 0 Å². The summed E-state index contributed by atoms with van der Waals surface area (Å²) in [5.74, 6) is 1.68. The number of hydrogen-bond acceptors (Lipinski definition) is 2. The van der Waals surface area contributed by atoms with Gasteiger partial charge < -0.3 is 10.1 Å². The molecule has 2 unspecified atom stereocenters. The van der Waals surface area contributed by atoms with E-state index in [1.807, 2.05) is 6.07 Å². The zero-order valence-corrected chi connectivity index (χ0v) is 13.5. The summed E-state index contributed by atoms with van der Waals surface area (Å²) in [4.78, 5) is 0. The van der Waals surface area contributed by atoms with Crippen LogP contribution in [0.1, 0.15) is 37.7 Å². The summed E-state index contributed by atoms with van der Waals surface area (Å²) in [7, 11) is 3.83. The average molecular weight is 326 g/mol. The maximum absolute atomic E-state index is 5.34. The van der Waals surface area contributed by atoms with Gasteiger partial charge in [0.1, 0.15) is 5.75 Å². The largest absolute Gasteiger partial charge is 0.497 e. The Kier molecular flexibility index (Phi) is 5.71. The molecule has 0 aromatic heterocycles. The lowest BCUT2D eigenvalue weighted by molar-refractivity contribution is 0.349. The minimum atomic E-state index is 0.653. The number of rotatable bonds is 4. The topological polar surface area (TPSA) is 21.3 Å². The molecule has 0 saturated heterocycles. The fraction of sp³-hybridized carbons (Fsp3) is 0.625. The molecule has 1 aliphatic rings. The van der Waals surface area contributed by atoms with Gasteiger partial charge in [0.2, 0.25) is 0 Å². The van der Waals surface area contributed by atoms with E-state index in [1.54, 1.807) is 7.11 Å². The summed E-state index contributed by atoms with van der Waals surface area (Å²) in [6.07, 6.45) is 7.88. The second-order valence-electron chi connectivity index (χ2n) is 5.45. The van der Waals surface area contributed by atoms with Crippen molar-refractivity contribution < 1.29 is 4.74 Å². The minimum absolute atomic E-state index is 0.653. The molecule has 2 atom stereocenters. The molecule has 3 heteroatoms. The first-order chi connectivity index (χ1) is 9.24. The van der Waals surface area contributed by atoms with Gasteiger partial charge in [-0.3, -0.25) is 0 Å². The van der Waals surface area contributed by atoms with E-state index in [1.165, 1.54) is 42.1 Å². The van der Waals surface area contributed by atoms with Gasteiger partial charge in [-0.05, 0) is 56.0 Å². The lowest BCUT2D eigenvalue weighted by Gasteiger charge is -2.25. The first-order valence-electron chi connectivity index (χ1n) is 7.24. The number of halogens is 1. The molecule has 106 valence electrons. The summed E-state index contributed by atoms with van der Waals surface area (Å²) in [6, 6.07) is 6.93. The second-order valence-corrected chi connectivity index (χ2v) is 6.31. The van der Waals surface area contributed by atoms with Crippen LogP contribution in [0.4, 0.5) is 0 Å². The molecule has 1 N–H and O–H groups in total. The zero-order chi connectivity index (χ0) is 13.7. The van der Waals surface area contributed by atoms with Crippen molar-refractivity contribution in [3.05, 3.63) is 28.2 Å². The molecule has 2 rings (SSSR count). The normalized spacial score (nSPS) is 23.9. The van der Waals surface area contributed by atoms with E-state index in [0.717, 1.165) is 18.1 Å². The van der Waals surface area contributed by atoms with E-state index in [4.69, 9.17) is 4.74 Å². The Morgan fingerprint density at radius 2 is 2.05 bits per heavy atom. The maximum Gasteiger partial charge on any atom is 0.119 e. The van der Waals surface area contributed by atoms with Crippen LogP contribution in [0.3, 0.4) is 0 Å². The first kappa shape index (κ1) is 14.9. The average Bonchev–Trinajstić information content (AvgIpc) is 2.66. The van der Waals surface area contributed by atoms with Crippen LogP contribution < -0.4 is 10.1 Å². The predicted octanol–water partition coefficient (Wildman–Crippen LogP) is 4.17. The molecule has 1 saturated carbocycles. The van der Waals surface area contributed by atoms with E-state index in [2.05, 4.69) is 40.4 Å². The third-order valence-corrected chi connectivity index (χ3v) is 5.04. The summed E-state index contributed by atoms with van der Waals surface area (Å²) in [5.41, 5.74) is 1.37. The van der Waals surface area contributed by atoms with Gasteiger partial charge >= 0.3 is 0 Å². The summed E-state index contributed by atoms with van der Waals surface area (Å²) < 4.78 is 6.54. The number of methoxy groups -OCH3 is 1. The highest BCUT2D eigenvalue weighted by atomic mass is 79.9. The van der Waals surface area contributed by atoms with Crippen LogP contribution in [0.5, 0.6) is 5.75 Å². The van der Waals surface area contributed by atoms with Crippen LogP contribution in [0.25, 0.3) is 0 Å². The molecule has 1 aromatic carbocycles. The maximum atomic E-state index is 5.34. The lowest BCUT2D eigenvalue weighted by atomic mass is 9.88. The van der Waals surface area contributed by atoms with Crippen LogP contribution in [0.15, 0.2) is 22.7 Å². The summed E-state index contributed by atoms with van der Waals surface area (Å²) in [5, 5.41) is 3.52. The highest BCUT2D eigenvalue weighted by molar-refractivity contribution is 9.10. The van der Waals surface area contributed by atoms with Gasteiger partial charge in [-0.15, -0.1) is 0 Å². The van der Waals surface area contributed by atoms with Crippen molar-refractivity contribution in [2.75, 3.05) is 14.2 Å². The third-order valence-electron chi connectivity index (χ3n) is 4.26. The third kappa shape index (κ3) is 3.96. The monoisotopic (exact) mass is 325 g/mol. The van der Waals surface area contributed by atoms with Crippen molar-refractivity contribution in [3.63, 3.8) is 0 Å². The SMILES string of the molecule is CNC1CCCCCC1Cc1cc(OC)ccc1Br. The number of hydrogen-bond donors (Lipinski definition) is 1. The van der Waals surface area contributed by atoms with Crippen molar-refractivity contribution in [3.8, 4) is 5.75 Å². The number of ether oxygens (including phenoxy) is 1. The molecular formula is C16H24BrNO. The molecule has 1 aromatic rings. The Balaban J connectivity index is 2.13. The van der Waals surface area contributed by atoms with Crippen LogP contribution in [0.2, 0.25) is 0 Å². The van der Waals surface area contributed by atoms with Gasteiger partial charge in [0.15, 0.2) is 0 Å². The van der Waals surface area contributed by atoms with Crippen molar-refractivity contribution >= 4 is 15.9 Å². The number of benzene rings is 1. The Labute approximate surface area is 125 Å². The van der Waals surface area contributed by atoms with E-state index in [0.29, 0.717) is 6.04 Å². The predicted molar refractivity (Wildman–Crippen MR) is 83.8 cm³/mol.